The fourth-order valence-corrected chi connectivity index (χ4v) is 5.01. The Balaban J connectivity index is 1.88. The molecule has 0 aromatic heterocycles. The van der Waals surface area contributed by atoms with E-state index in [0.29, 0.717) is 24.6 Å². The normalized spacial score (nSPS) is 17.6. The topological polar surface area (TPSA) is 83.9 Å². The number of rotatable bonds is 5. The number of carboxylic acid groups (broad SMARTS) is 1. The molecule has 2 aromatic rings. The van der Waals surface area contributed by atoms with Crippen molar-refractivity contribution in [2.45, 2.75) is 22.5 Å². The minimum atomic E-state index is -4.02. The monoisotopic (exact) mass is 375 g/mol. The van der Waals surface area contributed by atoms with Gasteiger partial charge in [0.2, 0.25) is 0 Å². The Bertz CT molecular complexity index is 870. The van der Waals surface area contributed by atoms with Gasteiger partial charge in [-0.3, -0.25) is 4.79 Å². The number of likely N-dealkylation sites (tertiary alicyclic amines) is 1. The number of benzene rings is 2. The van der Waals surface area contributed by atoms with Gasteiger partial charge in [0.1, 0.15) is 11.5 Å². The third kappa shape index (κ3) is 3.32. The summed E-state index contributed by atoms with van der Waals surface area (Å²) < 4.78 is 30.1. The lowest BCUT2D eigenvalue weighted by Gasteiger charge is -2.36. The number of carboxylic acids is 1. The molecular weight excluding hydrogens is 354 g/mol. The second-order valence-electron chi connectivity index (χ2n) is 6.49. The highest BCUT2D eigenvalue weighted by atomic mass is 32.2. The quantitative estimate of drug-likeness (QED) is 0.865. The van der Waals surface area contributed by atoms with Crippen molar-refractivity contribution in [1.82, 2.24) is 4.90 Å². The number of piperidine rings is 1. The summed E-state index contributed by atoms with van der Waals surface area (Å²) in [7, 11) is -2.16. The van der Waals surface area contributed by atoms with Gasteiger partial charge in [-0.05, 0) is 69.4 Å². The summed E-state index contributed by atoms with van der Waals surface area (Å²) in [6.45, 7) is 0.863. The molecule has 7 heteroatoms. The van der Waals surface area contributed by atoms with E-state index < -0.39 is 20.6 Å². The van der Waals surface area contributed by atoms with Crippen molar-refractivity contribution in [1.29, 1.82) is 0 Å². The minimum Gasteiger partial charge on any atom is -0.480 e. The molecule has 0 spiro atoms. The van der Waals surface area contributed by atoms with E-state index in [1.807, 2.05) is 30.1 Å². The first-order valence-corrected chi connectivity index (χ1v) is 9.83. The van der Waals surface area contributed by atoms with Crippen LogP contribution in [0.3, 0.4) is 0 Å². The van der Waals surface area contributed by atoms with E-state index in [1.165, 1.54) is 12.1 Å². The first kappa shape index (κ1) is 18.4. The Hall–Kier alpha value is -2.38. The molecule has 138 valence electrons. The lowest BCUT2D eigenvalue weighted by atomic mass is 9.96. The maximum Gasteiger partial charge on any atom is 0.325 e. The van der Waals surface area contributed by atoms with Crippen LogP contribution in [-0.2, 0) is 14.6 Å². The van der Waals surface area contributed by atoms with Gasteiger partial charge in [0.15, 0.2) is 14.6 Å². The zero-order valence-electron chi connectivity index (χ0n) is 14.5. The van der Waals surface area contributed by atoms with Crippen LogP contribution in [0.15, 0.2) is 59.5 Å². The van der Waals surface area contributed by atoms with Gasteiger partial charge < -0.3 is 14.7 Å². The maximum atomic E-state index is 13.1. The van der Waals surface area contributed by atoms with Gasteiger partial charge in [0.25, 0.3) is 0 Å². The average molecular weight is 375 g/mol. The van der Waals surface area contributed by atoms with E-state index in [1.54, 1.807) is 24.3 Å². The van der Waals surface area contributed by atoms with Crippen LogP contribution in [0, 0.1) is 0 Å². The summed E-state index contributed by atoms with van der Waals surface area (Å²) >= 11 is 0. The molecule has 1 aliphatic rings. The molecule has 0 amide bonds. The SMILES string of the molecule is CN1CCC(C(=O)O)(S(=O)(=O)c2ccc(Oc3ccccc3)cc2)CC1. The Labute approximate surface area is 152 Å². The van der Waals surface area contributed by atoms with Crippen LogP contribution in [0.25, 0.3) is 0 Å². The fraction of sp³-hybridized carbons (Fsp3) is 0.316. The molecule has 0 radical (unpaired) electrons. The van der Waals surface area contributed by atoms with Gasteiger partial charge in [0, 0.05) is 0 Å². The summed E-state index contributed by atoms with van der Waals surface area (Å²) in [5, 5.41) is 9.70. The molecule has 3 rings (SSSR count). The predicted octanol–water partition coefficient (Wildman–Crippen LogP) is 2.80. The number of aliphatic carboxylic acids is 1. The summed E-state index contributed by atoms with van der Waals surface area (Å²) in [4.78, 5) is 13.8. The van der Waals surface area contributed by atoms with Crippen molar-refractivity contribution >= 4 is 15.8 Å². The van der Waals surface area contributed by atoms with Gasteiger partial charge in [-0.15, -0.1) is 0 Å². The summed E-state index contributed by atoms with van der Waals surface area (Å²) in [5.74, 6) is -0.154. The number of ether oxygens (including phenoxy) is 1. The van der Waals surface area contributed by atoms with Crippen LogP contribution in [-0.4, -0.2) is 49.3 Å². The van der Waals surface area contributed by atoms with Crippen LogP contribution in [0.4, 0.5) is 0 Å². The molecule has 2 aromatic carbocycles. The van der Waals surface area contributed by atoms with Gasteiger partial charge in [-0.1, -0.05) is 18.2 Å². The molecule has 0 unspecified atom stereocenters. The number of para-hydroxylation sites is 1. The first-order chi connectivity index (χ1) is 12.3. The molecule has 0 aliphatic carbocycles. The molecule has 1 aliphatic heterocycles. The molecule has 26 heavy (non-hydrogen) atoms. The Morgan fingerprint density at radius 1 is 1.00 bits per heavy atom. The second kappa shape index (κ2) is 7.09. The summed E-state index contributed by atoms with van der Waals surface area (Å²) in [5.41, 5.74) is 0. The molecule has 1 heterocycles. The van der Waals surface area contributed by atoms with Gasteiger partial charge in [0.05, 0.1) is 4.90 Å². The molecular formula is C19H21NO5S. The van der Waals surface area contributed by atoms with Gasteiger partial charge >= 0.3 is 5.97 Å². The minimum absolute atomic E-state index is 0.00450. The van der Waals surface area contributed by atoms with Crippen molar-refractivity contribution < 1.29 is 23.1 Å². The van der Waals surface area contributed by atoms with Crippen LogP contribution in [0.5, 0.6) is 11.5 Å². The Kier molecular flexibility index (Phi) is 5.02. The highest BCUT2D eigenvalue weighted by Gasteiger charge is 2.52. The number of sulfone groups is 1. The van der Waals surface area contributed by atoms with E-state index in [2.05, 4.69) is 0 Å². The maximum absolute atomic E-state index is 13.1. The predicted molar refractivity (Wildman–Crippen MR) is 97.2 cm³/mol. The molecule has 1 N–H and O–H groups in total. The smallest absolute Gasteiger partial charge is 0.325 e. The highest BCUT2D eigenvalue weighted by molar-refractivity contribution is 7.93. The number of carbonyl (C=O) groups is 1. The van der Waals surface area contributed by atoms with Crippen molar-refractivity contribution in [2.24, 2.45) is 0 Å². The molecule has 0 atom stereocenters. The third-order valence-electron chi connectivity index (χ3n) is 4.81. The summed E-state index contributed by atoms with van der Waals surface area (Å²) in [6, 6.07) is 15.1. The van der Waals surface area contributed by atoms with Gasteiger partial charge in [-0.2, -0.15) is 0 Å². The van der Waals surface area contributed by atoms with Crippen LogP contribution >= 0.6 is 0 Å². The lowest BCUT2D eigenvalue weighted by Crippen LogP contribution is -2.53. The molecule has 0 bridgehead atoms. The fourth-order valence-electron chi connectivity index (χ4n) is 3.11. The van der Waals surface area contributed by atoms with Crippen molar-refractivity contribution in [2.75, 3.05) is 20.1 Å². The highest BCUT2D eigenvalue weighted by Crippen LogP contribution is 2.36. The Morgan fingerprint density at radius 3 is 2.08 bits per heavy atom. The van der Waals surface area contributed by atoms with E-state index in [4.69, 9.17) is 4.74 Å². The molecule has 1 fully saturated rings. The van der Waals surface area contributed by atoms with Crippen LogP contribution < -0.4 is 4.74 Å². The number of hydrogen-bond donors (Lipinski definition) is 1. The first-order valence-electron chi connectivity index (χ1n) is 8.35. The molecule has 0 saturated carbocycles. The van der Waals surface area contributed by atoms with Crippen molar-refractivity contribution in [3.05, 3.63) is 54.6 Å². The lowest BCUT2D eigenvalue weighted by molar-refractivity contribution is -0.141. The second-order valence-corrected chi connectivity index (χ2v) is 8.75. The molecule has 6 nitrogen and oxygen atoms in total. The van der Waals surface area contributed by atoms with Gasteiger partial charge in [-0.25, -0.2) is 8.42 Å². The van der Waals surface area contributed by atoms with Crippen LogP contribution in [0.2, 0.25) is 0 Å². The van der Waals surface area contributed by atoms with Crippen molar-refractivity contribution in [3.63, 3.8) is 0 Å². The van der Waals surface area contributed by atoms with Crippen molar-refractivity contribution in [3.8, 4) is 11.5 Å². The number of hydrogen-bond acceptors (Lipinski definition) is 5. The number of nitrogens with zero attached hydrogens (tertiary/aromatic N) is 1. The zero-order chi connectivity index (χ0) is 18.8. The standard InChI is InChI=1S/C19H21NO5S/c1-20-13-11-19(12-14-20,18(21)22)26(23,24)17-9-7-16(8-10-17)25-15-5-3-2-4-6-15/h2-10H,11-14H2,1H3,(H,21,22). The average Bonchev–Trinajstić information content (AvgIpc) is 2.63. The van der Waals surface area contributed by atoms with E-state index >= 15 is 0 Å². The third-order valence-corrected chi connectivity index (χ3v) is 7.32. The Morgan fingerprint density at radius 2 is 1.54 bits per heavy atom. The van der Waals surface area contributed by atoms with E-state index in [9.17, 15) is 18.3 Å². The summed E-state index contributed by atoms with van der Waals surface area (Å²) in [6.07, 6.45) is 0.146. The zero-order valence-corrected chi connectivity index (χ0v) is 15.3. The van der Waals surface area contributed by atoms with E-state index in [0.717, 1.165) is 0 Å². The van der Waals surface area contributed by atoms with Crippen LogP contribution in [0.1, 0.15) is 12.8 Å². The largest absolute Gasteiger partial charge is 0.480 e. The van der Waals surface area contributed by atoms with E-state index in [-0.39, 0.29) is 17.7 Å². The molecule has 1 saturated heterocycles.